The largest absolute Gasteiger partial charge is 0.504 e. The molecule has 126 valence electrons. The van der Waals surface area contributed by atoms with Crippen LogP contribution in [0.3, 0.4) is 0 Å². The topological polar surface area (TPSA) is 100 Å². The zero-order chi connectivity index (χ0) is 17.5. The lowest BCUT2D eigenvalue weighted by atomic mass is 10.2. The SMILES string of the molecule is COc1cc(/C=N/NC(=O)COc2ccccc2F)cc(O)c1O. The van der Waals surface area contributed by atoms with Crippen LogP contribution in [-0.2, 0) is 4.79 Å². The van der Waals surface area contributed by atoms with Gasteiger partial charge in [-0.15, -0.1) is 0 Å². The van der Waals surface area contributed by atoms with Gasteiger partial charge in [0.15, 0.2) is 29.7 Å². The number of aromatic hydroxyl groups is 2. The third-order valence-corrected chi connectivity index (χ3v) is 2.90. The Labute approximate surface area is 137 Å². The summed E-state index contributed by atoms with van der Waals surface area (Å²) in [6, 6.07) is 8.37. The van der Waals surface area contributed by atoms with Crippen molar-refractivity contribution in [3.8, 4) is 23.0 Å². The van der Waals surface area contributed by atoms with Gasteiger partial charge in [-0.1, -0.05) is 12.1 Å². The Morgan fingerprint density at radius 1 is 1.29 bits per heavy atom. The van der Waals surface area contributed by atoms with Crippen LogP contribution in [0.4, 0.5) is 4.39 Å². The van der Waals surface area contributed by atoms with Gasteiger partial charge in [0.05, 0.1) is 13.3 Å². The zero-order valence-corrected chi connectivity index (χ0v) is 12.7. The molecule has 0 aliphatic rings. The van der Waals surface area contributed by atoms with Crippen molar-refractivity contribution in [2.75, 3.05) is 13.7 Å². The number of benzene rings is 2. The molecule has 1 amide bonds. The van der Waals surface area contributed by atoms with Crippen LogP contribution in [0.25, 0.3) is 0 Å². The molecule has 0 aliphatic heterocycles. The van der Waals surface area contributed by atoms with E-state index >= 15 is 0 Å². The molecule has 24 heavy (non-hydrogen) atoms. The molecule has 2 rings (SSSR count). The van der Waals surface area contributed by atoms with Gasteiger partial charge < -0.3 is 19.7 Å². The summed E-state index contributed by atoms with van der Waals surface area (Å²) in [4.78, 5) is 11.6. The summed E-state index contributed by atoms with van der Waals surface area (Å²) >= 11 is 0. The highest BCUT2D eigenvalue weighted by molar-refractivity contribution is 5.84. The maximum absolute atomic E-state index is 13.3. The van der Waals surface area contributed by atoms with Crippen molar-refractivity contribution >= 4 is 12.1 Å². The van der Waals surface area contributed by atoms with Crippen molar-refractivity contribution in [2.45, 2.75) is 0 Å². The molecule has 0 radical (unpaired) electrons. The molecular formula is C16H15FN2O5. The summed E-state index contributed by atoms with van der Waals surface area (Å²) in [6.07, 6.45) is 1.24. The monoisotopic (exact) mass is 334 g/mol. The number of halogens is 1. The number of ether oxygens (including phenoxy) is 2. The Morgan fingerprint density at radius 3 is 2.75 bits per heavy atom. The molecule has 0 saturated heterocycles. The fourth-order valence-corrected chi connectivity index (χ4v) is 1.76. The molecule has 0 fully saturated rings. The average Bonchev–Trinajstić information content (AvgIpc) is 2.57. The molecule has 0 saturated carbocycles. The maximum atomic E-state index is 13.3. The van der Waals surface area contributed by atoms with Gasteiger partial charge in [0, 0.05) is 5.56 Å². The molecule has 0 atom stereocenters. The van der Waals surface area contributed by atoms with Crippen molar-refractivity contribution in [3.05, 3.63) is 47.8 Å². The number of hydrazone groups is 1. The molecule has 0 heterocycles. The van der Waals surface area contributed by atoms with Crippen molar-refractivity contribution in [2.24, 2.45) is 5.10 Å². The molecule has 0 aromatic heterocycles. The van der Waals surface area contributed by atoms with Gasteiger partial charge >= 0.3 is 0 Å². The predicted octanol–water partition coefficient (Wildman–Crippen LogP) is 1.77. The minimum Gasteiger partial charge on any atom is -0.504 e. The van der Waals surface area contributed by atoms with Gasteiger partial charge in [-0.05, 0) is 24.3 Å². The van der Waals surface area contributed by atoms with E-state index in [1.807, 2.05) is 0 Å². The average molecular weight is 334 g/mol. The molecule has 3 N–H and O–H groups in total. The highest BCUT2D eigenvalue weighted by atomic mass is 19.1. The molecular weight excluding hydrogens is 319 g/mol. The molecule has 7 nitrogen and oxygen atoms in total. The Bertz CT molecular complexity index is 764. The van der Waals surface area contributed by atoms with E-state index in [0.29, 0.717) is 5.56 Å². The number of hydrogen-bond donors (Lipinski definition) is 3. The van der Waals surface area contributed by atoms with E-state index in [1.165, 1.54) is 43.7 Å². The van der Waals surface area contributed by atoms with Gasteiger partial charge in [-0.3, -0.25) is 4.79 Å². The number of phenols is 2. The standard InChI is InChI=1S/C16H15FN2O5/c1-23-14-7-10(6-12(20)16(14)22)8-18-19-15(21)9-24-13-5-3-2-4-11(13)17/h2-8,20,22H,9H2,1H3,(H,19,21)/b18-8+. The van der Waals surface area contributed by atoms with E-state index in [9.17, 15) is 19.4 Å². The number of methoxy groups -OCH3 is 1. The minimum absolute atomic E-state index is 0.0372. The zero-order valence-electron chi connectivity index (χ0n) is 12.7. The second kappa shape index (κ2) is 7.82. The van der Waals surface area contributed by atoms with E-state index in [1.54, 1.807) is 6.07 Å². The second-order valence-corrected chi connectivity index (χ2v) is 4.60. The Hall–Kier alpha value is -3.29. The molecule has 8 heteroatoms. The van der Waals surface area contributed by atoms with Crippen LogP contribution in [0.1, 0.15) is 5.56 Å². The number of amides is 1. The molecule has 0 unspecified atom stereocenters. The van der Waals surface area contributed by atoms with Crippen molar-refractivity contribution in [1.82, 2.24) is 5.43 Å². The highest BCUT2D eigenvalue weighted by Crippen LogP contribution is 2.35. The Kier molecular flexibility index (Phi) is 5.56. The first-order valence-corrected chi connectivity index (χ1v) is 6.80. The molecule has 2 aromatic rings. The number of nitrogens with one attached hydrogen (secondary N) is 1. The fraction of sp³-hybridized carbons (Fsp3) is 0.125. The van der Waals surface area contributed by atoms with Crippen LogP contribution in [0.5, 0.6) is 23.0 Å². The van der Waals surface area contributed by atoms with Gasteiger partial charge in [0.1, 0.15) is 0 Å². The van der Waals surface area contributed by atoms with E-state index < -0.39 is 24.1 Å². The second-order valence-electron chi connectivity index (χ2n) is 4.60. The third kappa shape index (κ3) is 4.35. The van der Waals surface area contributed by atoms with Crippen LogP contribution in [0.2, 0.25) is 0 Å². The van der Waals surface area contributed by atoms with Gasteiger partial charge in [0.2, 0.25) is 5.75 Å². The summed E-state index contributed by atoms with van der Waals surface area (Å²) in [5, 5.41) is 22.7. The van der Waals surface area contributed by atoms with Crippen LogP contribution in [0, 0.1) is 5.82 Å². The van der Waals surface area contributed by atoms with Gasteiger partial charge in [-0.2, -0.15) is 5.10 Å². The minimum atomic E-state index is -0.593. The summed E-state index contributed by atoms with van der Waals surface area (Å²) in [6.45, 7) is -0.414. The van der Waals surface area contributed by atoms with E-state index in [0.717, 1.165) is 0 Å². The normalized spacial score (nSPS) is 10.6. The quantitative estimate of drug-likeness (QED) is 0.425. The van der Waals surface area contributed by atoms with Gasteiger partial charge in [0.25, 0.3) is 5.91 Å². The highest BCUT2D eigenvalue weighted by Gasteiger charge is 2.09. The number of hydrogen-bond acceptors (Lipinski definition) is 6. The lowest BCUT2D eigenvalue weighted by Crippen LogP contribution is -2.24. The summed E-state index contributed by atoms with van der Waals surface area (Å²) < 4.78 is 23.2. The number of carbonyl (C=O) groups is 1. The fourth-order valence-electron chi connectivity index (χ4n) is 1.76. The third-order valence-electron chi connectivity index (χ3n) is 2.90. The van der Waals surface area contributed by atoms with Gasteiger partial charge in [-0.25, -0.2) is 9.82 Å². The first-order valence-electron chi connectivity index (χ1n) is 6.80. The van der Waals surface area contributed by atoms with Crippen LogP contribution in [-0.4, -0.2) is 36.1 Å². The lowest BCUT2D eigenvalue weighted by Gasteiger charge is -2.06. The predicted molar refractivity (Wildman–Crippen MR) is 84.0 cm³/mol. The maximum Gasteiger partial charge on any atom is 0.277 e. The summed E-state index contributed by atoms with van der Waals surface area (Å²) in [7, 11) is 1.33. The van der Waals surface area contributed by atoms with E-state index in [2.05, 4.69) is 10.5 Å². The van der Waals surface area contributed by atoms with Crippen LogP contribution >= 0.6 is 0 Å². The van der Waals surface area contributed by atoms with Crippen LogP contribution in [0.15, 0.2) is 41.5 Å². The smallest absolute Gasteiger partial charge is 0.277 e. The number of phenolic OH excluding ortho intramolecular Hbond substituents is 2. The Balaban J connectivity index is 1.91. The van der Waals surface area contributed by atoms with Crippen LogP contribution < -0.4 is 14.9 Å². The Morgan fingerprint density at radius 2 is 2.04 bits per heavy atom. The number of carbonyl (C=O) groups excluding carboxylic acids is 1. The number of para-hydroxylation sites is 1. The van der Waals surface area contributed by atoms with E-state index in [-0.39, 0.29) is 17.2 Å². The van der Waals surface area contributed by atoms with Crippen molar-refractivity contribution in [1.29, 1.82) is 0 Å². The summed E-state index contributed by atoms with van der Waals surface area (Å²) in [5.74, 6) is -1.91. The first-order chi connectivity index (χ1) is 11.5. The first kappa shape index (κ1) is 17.1. The molecule has 0 bridgehead atoms. The molecule has 0 aliphatic carbocycles. The van der Waals surface area contributed by atoms with E-state index in [4.69, 9.17) is 9.47 Å². The molecule has 0 spiro atoms. The number of rotatable bonds is 6. The van der Waals surface area contributed by atoms with Crippen molar-refractivity contribution in [3.63, 3.8) is 0 Å². The number of nitrogens with zero attached hydrogens (tertiary/aromatic N) is 1. The van der Waals surface area contributed by atoms with Crippen molar-refractivity contribution < 1.29 is 28.9 Å². The molecule has 2 aromatic carbocycles. The summed E-state index contributed by atoms with van der Waals surface area (Å²) in [5.41, 5.74) is 2.58. The lowest BCUT2D eigenvalue weighted by molar-refractivity contribution is -0.123.